The molecule has 0 aliphatic carbocycles. The largest absolute Gasteiger partial charge is 0.507 e. The van der Waals surface area contributed by atoms with E-state index in [9.17, 15) is 15.0 Å². The first kappa shape index (κ1) is 18.6. The maximum absolute atomic E-state index is 11.7. The SMILES string of the molecule is COc1cccc(O)c1C=NNC(=O)NN=Cc1c(O)cccc1OC. The van der Waals surface area contributed by atoms with Crippen LogP contribution < -0.4 is 20.3 Å². The second-order valence-corrected chi connectivity index (χ2v) is 4.86. The van der Waals surface area contributed by atoms with Crippen molar-refractivity contribution >= 4 is 18.5 Å². The quantitative estimate of drug-likeness (QED) is 0.463. The molecule has 0 fully saturated rings. The first-order valence-corrected chi connectivity index (χ1v) is 7.41. The number of carbonyl (C=O) groups is 1. The predicted octanol–water partition coefficient (Wildman–Crippen LogP) is 1.78. The Labute approximate surface area is 149 Å². The Bertz CT molecular complexity index is 768. The normalized spacial score (nSPS) is 10.8. The maximum Gasteiger partial charge on any atom is 0.355 e. The molecule has 0 spiro atoms. The average Bonchev–Trinajstić information content (AvgIpc) is 2.64. The molecule has 26 heavy (non-hydrogen) atoms. The minimum Gasteiger partial charge on any atom is -0.507 e. The minimum absolute atomic E-state index is 0.0417. The van der Waals surface area contributed by atoms with Gasteiger partial charge < -0.3 is 19.7 Å². The highest BCUT2D eigenvalue weighted by Crippen LogP contribution is 2.25. The van der Waals surface area contributed by atoms with Crippen LogP contribution in [0, 0.1) is 0 Å². The predicted molar refractivity (Wildman–Crippen MR) is 96.2 cm³/mol. The molecule has 9 heteroatoms. The summed E-state index contributed by atoms with van der Waals surface area (Å²) in [5.41, 5.74) is 5.00. The van der Waals surface area contributed by atoms with Crippen molar-refractivity contribution in [3.63, 3.8) is 0 Å². The van der Waals surface area contributed by atoms with Gasteiger partial charge in [-0.3, -0.25) is 0 Å². The van der Waals surface area contributed by atoms with Crippen LogP contribution in [0.4, 0.5) is 4.79 Å². The van der Waals surface area contributed by atoms with Crippen LogP contribution in [-0.2, 0) is 0 Å². The van der Waals surface area contributed by atoms with E-state index >= 15 is 0 Å². The summed E-state index contributed by atoms with van der Waals surface area (Å²) in [4.78, 5) is 11.7. The fraction of sp³-hybridized carbons (Fsp3) is 0.118. The molecule has 0 saturated carbocycles. The van der Waals surface area contributed by atoms with Gasteiger partial charge in [0.1, 0.15) is 23.0 Å². The number of nitrogens with one attached hydrogen (secondary N) is 2. The van der Waals surface area contributed by atoms with Crippen LogP contribution in [0.15, 0.2) is 46.6 Å². The van der Waals surface area contributed by atoms with Crippen molar-refractivity contribution < 1.29 is 24.5 Å². The fourth-order valence-corrected chi connectivity index (χ4v) is 2.02. The van der Waals surface area contributed by atoms with Gasteiger partial charge in [0, 0.05) is 0 Å². The Morgan fingerprint density at radius 2 is 1.31 bits per heavy atom. The molecule has 136 valence electrons. The molecule has 0 aliphatic rings. The monoisotopic (exact) mass is 358 g/mol. The topological polar surface area (TPSA) is 125 Å². The molecule has 0 atom stereocenters. The number of rotatable bonds is 6. The molecular weight excluding hydrogens is 340 g/mol. The molecule has 2 amide bonds. The zero-order valence-electron chi connectivity index (χ0n) is 14.1. The van der Waals surface area contributed by atoms with Crippen LogP contribution in [0.5, 0.6) is 23.0 Å². The smallest absolute Gasteiger partial charge is 0.355 e. The molecule has 0 aromatic heterocycles. The molecule has 9 nitrogen and oxygen atoms in total. The van der Waals surface area contributed by atoms with E-state index in [2.05, 4.69) is 21.1 Å². The van der Waals surface area contributed by atoms with Crippen molar-refractivity contribution in [3.05, 3.63) is 47.5 Å². The molecular formula is C17H18N4O5. The van der Waals surface area contributed by atoms with Crippen molar-refractivity contribution in [2.75, 3.05) is 14.2 Å². The van der Waals surface area contributed by atoms with E-state index in [1.807, 2.05) is 0 Å². The molecule has 2 rings (SSSR count). The second kappa shape index (κ2) is 8.92. The first-order valence-electron chi connectivity index (χ1n) is 7.41. The summed E-state index contributed by atoms with van der Waals surface area (Å²) in [5.74, 6) is 0.723. The average molecular weight is 358 g/mol. The van der Waals surface area contributed by atoms with E-state index in [0.717, 1.165) is 0 Å². The molecule has 0 unspecified atom stereocenters. The van der Waals surface area contributed by atoms with E-state index in [1.165, 1.54) is 38.8 Å². The van der Waals surface area contributed by atoms with Gasteiger partial charge in [0.15, 0.2) is 0 Å². The summed E-state index contributed by atoms with van der Waals surface area (Å²) in [7, 11) is 2.91. The molecule has 0 bridgehead atoms. The lowest BCUT2D eigenvalue weighted by molar-refractivity contribution is 0.242. The van der Waals surface area contributed by atoms with E-state index in [1.54, 1.807) is 24.3 Å². The zero-order chi connectivity index (χ0) is 18.9. The van der Waals surface area contributed by atoms with E-state index < -0.39 is 6.03 Å². The summed E-state index contributed by atoms with van der Waals surface area (Å²) >= 11 is 0. The number of amides is 2. The van der Waals surface area contributed by atoms with Crippen LogP contribution >= 0.6 is 0 Å². The highest BCUT2D eigenvalue weighted by atomic mass is 16.5. The van der Waals surface area contributed by atoms with Gasteiger partial charge in [-0.25, -0.2) is 15.6 Å². The summed E-state index contributed by atoms with van der Waals surface area (Å²) in [6, 6.07) is 8.74. The van der Waals surface area contributed by atoms with Crippen LogP contribution in [-0.4, -0.2) is 42.9 Å². The number of hydrazone groups is 2. The standard InChI is InChI=1S/C17H18N4O5/c1-25-15-7-3-5-13(22)11(15)9-18-20-17(24)21-19-10-12-14(23)6-4-8-16(12)26-2/h3-10,22-23H,1-2H3,(H2,20,21,24). The molecule has 0 aliphatic heterocycles. The highest BCUT2D eigenvalue weighted by molar-refractivity contribution is 5.89. The lowest BCUT2D eigenvalue weighted by Gasteiger charge is -2.06. The van der Waals surface area contributed by atoms with Crippen molar-refractivity contribution in [2.24, 2.45) is 10.2 Å². The number of phenols is 2. The number of aromatic hydroxyl groups is 2. The Balaban J connectivity index is 1.96. The second-order valence-electron chi connectivity index (χ2n) is 4.86. The molecule has 0 heterocycles. The van der Waals surface area contributed by atoms with E-state index in [0.29, 0.717) is 22.6 Å². The lowest BCUT2D eigenvalue weighted by Crippen LogP contribution is -2.28. The minimum atomic E-state index is -0.721. The van der Waals surface area contributed by atoms with Crippen molar-refractivity contribution in [1.29, 1.82) is 0 Å². The summed E-state index contributed by atoms with van der Waals surface area (Å²) < 4.78 is 10.2. The van der Waals surface area contributed by atoms with E-state index in [4.69, 9.17) is 9.47 Å². The first-order chi connectivity index (χ1) is 12.6. The van der Waals surface area contributed by atoms with Gasteiger partial charge in [-0.2, -0.15) is 10.2 Å². The summed E-state index contributed by atoms with van der Waals surface area (Å²) in [5, 5.41) is 27.0. The Morgan fingerprint density at radius 1 is 0.885 bits per heavy atom. The Morgan fingerprint density at radius 3 is 1.69 bits per heavy atom. The van der Waals surface area contributed by atoms with Gasteiger partial charge in [0.25, 0.3) is 0 Å². The number of carbonyl (C=O) groups excluding carboxylic acids is 1. The van der Waals surface area contributed by atoms with Gasteiger partial charge in [-0.1, -0.05) is 12.1 Å². The number of methoxy groups -OCH3 is 2. The van der Waals surface area contributed by atoms with Crippen LogP contribution in [0.3, 0.4) is 0 Å². The molecule has 2 aromatic rings. The van der Waals surface area contributed by atoms with Crippen LogP contribution in [0.25, 0.3) is 0 Å². The third-order valence-electron chi connectivity index (χ3n) is 3.25. The van der Waals surface area contributed by atoms with Crippen molar-refractivity contribution in [2.45, 2.75) is 0 Å². The summed E-state index contributed by atoms with van der Waals surface area (Å²) in [6.07, 6.45) is 2.48. The molecule has 4 N–H and O–H groups in total. The van der Waals surface area contributed by atoms with Gasteiger partial charge in [0.05, 0.1) is 37.8 Å². The fourth-order valence-electron chi connectivity index (χ4n) is 2.02. The highest BCUT2D eigenvalue weighted by Gasteiger charge is 2.07. The van der Waals surface area contributed by atoms with Crippen LogP contribution in [0.1, 0.15) is 11.1 Å². The molecule has 2 aromatic carbocycles. The number of benzene rings is 2. The van der Waals surface area contributed by atoms with Gasteiger partial charge in [-0.05, 0) is 24.3 Å². The Kier molecular flexibility index (Phi) is 6.38. The van der Waals surface area contributed by atoms with Gasteiger partial charge in [-0.15, -0.1) is 0 Å². The van der Waals surface area contributed by atoms with Crippen molar-refractivity contribution in [1.82, 2.24) is 10.9 Å². The lowest BCUT2D eigenvalue weighted by atomic mass is 10.2. The number of hydrogen-bond donors (Lipinski definition) is 4. The number of nitrogens with zero attached hydrogens (tertiary/aromatic N) is 2. The third kappa shape index (κ3) is 4.63. The number of phenolic OH excluding ortho intramolecular Hbond substituents is 2. The zero-order valence-corrected chi connectivity index (χ0v) is 14.1. The van der Waals surface area contributed by atoms with Crippen LogP contribution in [0.2, 0.25) is 0 Å². The molecule has 0 saturated heterocycles. The number of ether oxygens (including phenoxy) is 2. The Hall–Kier alpha value is -3.75. The third-order valence-corrected chi connectivity index (χ3v) is 3.25. The molecule has 0 radical (unpaired) electrons. The number of urea groups is 1. The summed E-state index contributed by atoms with van der Waals surface area (Å²) in [6.45, 7) is 0. The van der Waals surface area contributed by atoms with Gasteiger partial charge >= 0.3 is 6.03 Å². The van der Waals surface area contributed by atoms with Crippen molar-refractivity contribution in [3.8, 4) is 23.0 Å². The van der Waals surface area contributed by atoms with Gasteiger partial charge in [0.2, 0.25) is 0 Å². The van der Waals surface area contributed by atoms with E-state index in [-0.39, 0.29) is 11.5 Å². The maximum atomic E-state index is 11.7. The number of hydrogen-bond acceptors (Lipinski definition) is 7.